The number of methoxy groups -OCH3 is 1. The largest absolute Gasteiger partial charge is 0.497 e. The Kier molecular flexibility index (Phi) is 3.64. The Hall–Kier alpha value is -1.55. The third kappa shape index (κ3) is 2.58. The molecule has 0 spiro atoms. The summed E-state index contributed by atoms with van der Waals surface area (Å²) in [6.07, 6.45) is 1.01. The molecule has 4 nitrogen and oxygen atoms in total. The molecule has 1 fully saturated rings. The fourth-order valence-corrected chi connectivity index (χ4v) is 2.15. The first-order chi connectivity index (χ1) is 8.24. The molecule has 0 saturated carbocycles. The van der Waals surface area contributed by atoms with E-state index in [1.807, 2.05) is 23.1 Å². The summed E-state index contributed by atoms with van der Waals surface area (Å²) >= 11 is 0. The molecule has 0 aliphatic carbocycles. The minimum atomic E-state index is 0.0693. The van der Waals surface area contributed by atoms with E-state index in [2.05, 4.69) is 0 Å². The smallest absolute Gasteiger partial charge is 0.253 e. The van der Waals surface area contributed by atoms with Crippen molar-refractivity contribution in [1.29, 1.82) is 0 Å². The van der Waals surface area contributed by atoms with Crippen LogP contribution in [0.25, 0.3) is 0 Å². The Morgan fingerprint density at radius 2 is 2.41 bits per heavy atom. The van der Waals surface area contributed by atoms with Gasteiger partial charge in [0.1, 0.15) is 5.75 Å². The first-order valence-electron chi connectivity index (χ1n) is 5.88. The molecule has 1 aliphatic rings. The van der Waals surface area contributed by atoms with Crippen molar-refractivity contribution in [3.8, 4) is 5.75 Å². The zero-order valence-electron chi connectivity index (χ0n) is 10.1. The summed E-state index contributed by atoms with van der Waals surface area (Å²) in [5, 5.41) is 0. The van der Waals surface area contributed by atoms with Crippen molar-refractivity contribution in [3.05, 3.63) is 29.8 Å². The SMILES string of the molecule is COc1cccc(C(=O)N2CCC(CN)C2)c1. The highest BCUT2D eigenvalue weighted by Gasteiger charge is 2.25. The lowest BCUT2D eigenvalue weighted by atomic mass is 10.1. The summed E-state index contributed by atoms with van der Waals surface area (Å²) in [7, 11) is 1.60. The first kappa shape index (κ1) is 11.9. The number of benzene rings is 1. The van der Waals surface area contributed by atoms with Crippen LogP contribution in [0.15, 0.2) is 24.3 Å². The molecular formula is C13H18N2O2. The monoisotopic (exact) mass is 234 g/mol. The van der Waals surface area contributed by atoms with Crippen molar-refractivity contribution in [2.24, 2.45) is 11.7 Å². The number of hydrogen-bond donors (Lipinski definition) is 1. The van der Waals surface area contributed by atoms with Crippen LogP contribution in [-0.2, 0) is 0 Å². The quantitative estimate of drug-likeness (QED) is 0.852. The first-order valence-corrected chi connectivity index (χ1v) is 5.88. The van der Waals surface area contributed by atoms with Gasteiger partial charge in [-0.1, -0.05) is 6.07 Å². The molecule has 2 rings (SSSR count). The van der Waals surface area contributed by atoms with Gasteiger partial charge in [-0.05, 0) is 37.1 Å². The number of rotatable bonds is 3. The molecule has 17 heavy (non-hydrogen) atoms. The van der Waals surface area contributed by atoms with E-state index in [4.69, 9.17) is 10.5 Å². The third-order valence-electron chi connectivity index (χ3n) is 3.22. The van der Waals surface area contributed by atoms with Gasteiger partial charge in [0.15, 0.2) is 0 Å². The van der Waals surface area contributed by atoms with E-state index in [1.54, 1.807) is 13.2 Å². The summed E-state index contributed by atoms with van der Waals surface area (Å²) in [5.74, 6) is 1.23. The maximum atomic E-state index is 12.2. The predicted molar refractivity (Wildman–Crippen MR) is 66.1 cm³/mol. The van der Waals surface area contributed by atoms with Crippen LogP contribution in [0.5, 0.6) is 5.75 Å². The fraction of sp³-hybridized carbons (Fsp3) is 0.462. The summed E-state index contributed by atoms with van der Waals surface area (Å²) in [6.45, 7) is 2.23. The number of nitrogens with zero attached hydrogens (tertiary/aromatic N) is 1. The predicted octanol–water partition coefficient (Wildman–Crippen LogP) is 1.12. The summed E-state index contributed by atoms with van der Waals surface area (Å²) < 4.78 is 5.12. The molecule has 2 N–H and O–H groups in total. The van der Waals surface area contributed by atoms with Crippen molar-refractivity contribution < 1.29 is 9.53 Å². The van der Waals surface area contributed by atoms with Crippen LogP contribution in [0.4, 0.5) is 0 Å². The van der Waals surface area contributed by atoms with E-state index in [0.717, 1.165) is 19.5 Å². The van der Waals surface area contributed by atoms with E-state index in [9.17, 15) is 4.79 Å². The fourth-order valence-electron chi connectivity index (χ4n) is 2.15. The topological polar surface area (TPSA) is 55.6 Å². The van der Waals surface area contributed by atoms with Gasteiger partial charge in [0.05, 0.1) is 7.11 Å². The summed E-state index contributed by atoms with van der Waals surface area (Å²) in [6, 6.07) is 7.27. The number of hydrogen-bond acceptors (Lipinski definition) is 3. The van der Waals surface area contributed by atoms with Gasteiger partial charge in [0.2, 0.25) is 0 Å². The molecule has 1 aromatic carbocycles. The van der Waals surface area contributed by atoms with Crippen molar-refractivity contribution in [2.45, 2.75) is 6.42 Å². The Morgan fingerprint density at radius 1 is 1.59 bits per heavy atom. The van der Waals surface area contributed by atoms with E-state index in [-0.39, 0.29) is 5.91 Å². The van der Waals surface area contributed by atoms with Crippen LogP contribution < -0.4 is 10.5 Å². The van der Waals surface area contributed by atoms with Crippen molar-refractivity contribution in [2.75, 3.05) is 26.7 Å². The highest BCUT2D eigenvalue weighted by molar-refractivity contribution is 5.94. The second kappa shape index (κ2) is 5.19. The van der Waals surface area contributed by atoms with Crippen molar-refractivity contribution in [3.63, 3.8) is 0 Å². The molecule has 4 heteroatoms. The van der Waals surface area contributed by atoms with E-state index in [0.29, 0.717) is 23.8 Å². The summed E-state index contributed by atoms with van der Waals surface area (Å²) in [5.41, 5.74) is 6.30. The zero-order valence-corrected chi connectivity index (χ0v) is 10.1. The van der Waals surface area contributed by atoms with Crippen LogP contribution >= 0.6 is 0 Å². The number of likely N-dealkylation sites (tertiary alicyclic amines) is 1. The highest BCUT2D eigenvalue weighted by Crippen LogP contribution is 2.19. The molecule has 1 saturated heterocycles. The van der Waals surface area contributed by atoms with Gasteiger partial charge in [0.25, 0.3) is 5.91 Å². The van der Waals surface area contributed by atoms with Crippen molar-refractivity contribution in [1.82, 2.24) is 4.90 Å². The Balaban J connectivity index is 2.09. The van der Waals surface area contributed by atoms with Gasteiger partial charge < -0.3 is 15.4 Å². The Labute approximate surface area is 101 Å². The van der Waals surface area contributed by atoms with Gasteiger partial charge in [-0.25, -0.2) is 0 Å². The molecule has 1 unspecified atom stereocenters. The van der Waals surface area contributed by atoms with Crippen LogP contribution in [0, 0.1) is 5.92 Å². The lowest BCUT2D eigenvalue weighted by molar-refractivity contribution is 0.0787. The molecule has 92 valence electrons. The lowest BCUT2D eigenvalue weighted by Crippen LogP contribution is -2.29. The third-order valence-corrected chi connectivity index (χ3v) is 3.22. The standard InChI is InChI=1S/C13H18N2O2/c1-17-12-4-2-3-11(7-12)13(16)15-6-5-10(8-14)9-15/h2-4,7,10H,5-6,8-9,14H2,1H3. The second-order valence-electron chi connectivity index (χ2n) is 4.37. The minimum Gasteiger partial charge on any atom is -0.497 e. The van der Waals surface area contributed by atoms with Crippen LogP contribution in [0.3, 0.4) is 0 Å². The lowest BCUT2D eigenvalue weighted by Gasteiger charge is -2.16. The highest BCUT2D eigenvalue weighted by atomic mass is 16.5. The van der Waals surface area contributed by atoms with Gasteiger partial charge in [-0.2, -0.15) is 0 Å². The number of carbonyl (C=O) groups is 1. The molecule has 1 amide bonds. The zero-order chi connectivity index (χ0) is 12.3. The van der Waals surface area contributed by atoms with Crippen LogP contribution in [-0.4, -0.2) is 37.6 Å². The van der Waals surface area contributed by atoms with Gasteiger partial charge in [0, 0.05) is 18.7 Å². The number of ether oxygens (including phenoxy) is 1. The molecule has 1 atom stereocenters. The summed E-state index contributed by atoms with van der Waals surface area (Å²) in [4.78, 5) is 14.1. The van der Waals surface area contributed by atoms with Crippen LogP contribution in [0.2, 0.25) is 0 Å². The van der Waals surface area contributed by atoms with E-state index >= 15 is 0 Å². The van der Waals surface area contributed by atoms with Gasteiger partial charge in [-0.15, -0.1) is 0 Å². The molecule has 1 aliphatic heterocycles. The average Bonchev–Trinajstić information content (AvgIpc) is 2.86. The number of carbonyl (C=O) groups excluding carboxylic acids is 1. The Morgan fingerprint density at radius 3 is 3.06 bits per heavy atom. The van der Waals surface area contributed by atoms with E-state index < -0.39 is 0 Å². The maximum Gasteiger partial charge on any atom is 0.253 e. The molecule has 0 bridgehead atoms. The molecule has 1 heterocycles. The second-order valence-corrected chi connectivity index (χ2v) is 4.37. The molecule has 0 aromatic heterocycles. The van der Waals surface area contributed by atoms with Crippen LogP contribution in [0.1, 0.15) is 16.8 Å². The van der Waals surface area contributed by atoms with Gasteiger partial charge >= 0.3 is 0 Å². The average molecular weight is 234 g/mol. The Bertz CT molecular complexity index is 406. The molecule has 0 radical (unpaired) electrons. The maximum absolute atomic E-state index is 12.2. The van der Waals surface area contributed by atoms with Crippen molar-refractivity contribution >= 4 is 5.91 Å². The van der Waals surface area contributed by atoms with Gasteiger partial charge in [-0.3, -0.25) is 4.79 Å². The number of amides is 1. The molecular weight excluding hydrogens is 216 g/mol. The molecule has 1 aromatic rings. The normalized spacial score (nSPS) is 19.4. The van der Waals surface area contributed by atoms with E-state index in [1.165, 1.54) is 0 Å². The minimum absolute atomic E-state index is 0.0693. The number of nitrogens with two attached hydrogens (primary N) is 1.